The van der Waals surface area contributed by atoms with Gasteiger partial charge in [0.1, 0.15) is 0 Å². The van der Waals surface area contributed by atoms with Crippen molar-refractivity contribution in [2.75, 3.05) is 51.3 Å². The molecule has 22 heavy (non-hydrogen) atoms. The number of carbonyl (C=O) groups excluding carboxylic acids is 1. The van der Waals surface area contributed by atoms with Gasteiger partial charge in [-0.2, -0.15) is 0 Å². The molecule has 0 bridgehead atoms. The van der Waals surface area contributed by atoms with Crippen LogP contribution in [0.5, 0.6) is 0 Å². The van der Waals surface area contributed by atoms with Crippen LogP contribution < -0.4 is 10.2 Å². The van der Waals surface area contributed by atoms with Crippen LogP contribution >= 0.6 is 11.3 Å². The summed E-state index contributed by atoms with van der Waals surface area (Å²) in [5.74, 6) is 0.106. The van der Waals surface area contributed by atoms with Gasteiger partial charge in [0, 0.05) is 51.8 Å². The third kappa shape index (κ3) is 4.66. The molecule has 0 saturated carbocycles. The zero-order valence-electron chi connectivity index (χ0n) is 13.7. The van der Waals surface area contributed by atoms with Gasteiger partial charge in [-0.15, -0.1) is 11.3 Å². The van der Waals surface area contributed by atoms with E-state index in [9.17, 15) is 4.79 Å². The number of carbonyl (C=O) groups is 1. The summed E-state index contributed by atoms with van der Waals surface area (Å²) in [5.41, 5.74) is 1.08. The van der Waals surface area contributed by atoms with E-state index >= 15 is 0 Å². The van der Waals surface area contributed by atoms with E-state index in [0.29, 0.717) is 13.2 Å². The molecule has 1 saturated heterocycles. The Bertz CT molecular complexity index is 472. The lowest BCUT2D eigenvalue weighted by molar-refractivity contribution is -0.126. The fourth-order valence-electron chi connectivity index (χ4n) is 2.53. The Hall–Kier alpha value is -1.18. The third-order valence-electron chi connectivity index (χ3n) is 3.94. The van der Waals surface area contributed by atoms with Crippen molar-refractivity contribution in [1.82, 2.24) is 15.2 Å². The topological polar surface area (TPSA) is 57.7 Å². The van der Waals surface area contributed by atoms with Gasteiger partial charge in [0.15, 0.2) is 5.13 Å². The lowest BCUT2D eigenvalue weighted by atomic mass is 10.2. The predicted molar refractivity (Wildman–Crippen MR) is 89.6 cm³/mol. The second kappa shape index (κ2) is 8.45. The summed E-state index contributed by atoms with van der Waals surface area (Å²) in [6.07, 6.45) is 0.853. The molecular weight excluding hydrogens is 300 g/mol. The fourth-order valence-corrected chi connectivity index (χ4v) is 3.39. The minimum atomic E-state index is -0.0808. The number of hydrogen-bond donors (Lipinski definition) is 1. The van der Waals surface area contributed by atoms with E-state index in [-0.39, 0.29) is 11.9 Å². The first-order valence-corrected chi connectivity index (χ1v) is 8.67. The van der Waals surface area contributed by atoms with Crippen LogP contribution in [0.15, 0.2) is 5.38 Å². The van der Waals surface area contributed by atoms with Crippen LogP contribution in [0.25, 0.3) is 0 Å². The first-order valence-electron chi connectivity index (χ1n) is 7.79. The highest BCUT2D eigenvalue weighted by atomic mass is 32.1. The zero-order valence-corrected chi connectivity index (χ0v) is 14.5. The Balaban J connectivity index is 1.74. The monoisotopic (exact) mass is 326 g/mol. The average molecular weight is 326 g/mol. The van der Waals surface area contributed by atoms with Gasteiger partial charge < -0.3 is 15.0 Å². The van der Waals surface area contributed by atoms with Crippen molar-refractivity contribution < 1.29 is 9.53 Å². The van der Waals surface area contributed by atoms with E-state index in [0.717, 1.165) is 43.4 Å². The Labute approximate surface area is 136 Å². The van der Waals surface area contributed by atoms with Crippen LogP contribution in [-0.4, -0.2) is 68.3 Å². The highest BCUT2D eigenvalue weighted by molar-refractivity contribution is 7.13. The predicted octanol–water partition coefficient (Wildman–Crippen LogP) is 1.11. The molecule has 1 aliphatic heterocycles. The molecule has 1 aromatic rings. The number of aryl methyl sites for hydroxylation is 1. The second-order valence-corrected chi connectivity index (χ2v) is 6.44. The van der Waals surface area contributed by atoms with Gasteiger partial charge in [-0.3, -0.25) is 9.69 Å². The number of hydrogen-bond acceptors (Lipinski definition) is 6. The van der Waals surface area contributed by atoms with Crippen molar-refractivity contribution in [3.8, 4) is 0 Å². The molecule has 1 atom stereocenters. The maximum atomic E-state index is 12.1. The van der Waals surface area contributed by atoms with E-state index in [1.54, 1.807) is 18.4 Å². The maximum absolute atomic E-state index is 12.1. The Morgan fingerprint density at radius 2 is 2.18 bits per heavy atom. The summed E-state index contributed by atoms with van der Waals surface area (Å²) < 4.78 is 4.98. The molecule has 1 fully saturated rings. The van der Waals surface area contributed by atoms with E-state index in [1.165, 1.54) is 0 Å². The number of piperazine rings is 1. The molecule has 0 aromatic carbocycles. The van der Waals surface area contributed by atoms with Crippen molar-refractivity contribution in [2.24, 2.45) is 0 Å². The van der Waals surface area contributed by atoms with Crippen LogP contribution in [-0.2, 0) is 9.53 Å². The minimum absolute atomic E-state index is 0.0808. The molecule has 1 aliphatic rings. The quantitative estimate of drug-likeness (QED) is 0.761. The summed E-state index contributed by atoms with van der Waals surface area (Å²) in [6.45, 7) is 9.00. The number of nitrogens with zero attached hydrogens (tertiary/aromatic N) is 3. The molecule has 1 aromatic heterocycles. The van der Waals surface area contributed by atoms with Gasteiger partial charge in [0.2, 0.25) is 5.91 Å². The Morgan fingerprint density at radius 1 is 1.45 bits per heavy atom. The first kappa shape index (κ1) is 17.2. The molecule has 0 radical (unpaired) electrons. The largest absolute Gasteiger partial charge is 0.385 e. The first-order chi connectivity index (χ1) is 10.6. The number of rotatable bonds is 7. The van der Waals surface area contributed by atoms with Crippen molar-refractivity contribution in [3.63, 3.8) is 0 Å². The van der Waals surface area contributed by atoms with Crippen LogP contribution in [0.3, 0.4) is 0 Å². The van der Waals surface area contributed by atoms with Crippen molar-refractivity contribution in [3.05, 3.63) is 11.1 Å². The normalized spacial score (nSPS) is 17.5. The summed E-state index contributed by atoms with van der Waals surface area (Å²) >= 11 is 1.69. The standard InChI is InChI=1S/C15H26N4O2S/c1-12-11-22-15(17-12)19-8-6-18(7-9-19)13(2)14(20)16-5-4-10-21-3/h11,13H,4-10H2,1-3H3,(H,16,20)/t13-/m1/s1. The number of nitrogens with one attached hydrogen (secondary N) is 1. The maximum Gasteiger partial charge on any atom is 0.237 e. The SMILES string of the molecule is COCCCNC(=O)[C@@H](C)N1CCN(c2nc(C)cs2)CC1. The van der Waals surface area contributed by atoms with Crippen LogP contribution in [0, 0.1) is 6.92 Å². The molecule has 6 nitrogen and oxygen atoms in total. The summed E-state index contributed by atoms with van der Waals surface area (Å²) in [4.78, 5) is 21.2. The summed E-state index contributed by atoms with van der Waals surface area (Å²) in [6, 6.07) is -0.0808. The molecule has 0 spiro atoms. The molecule has 124 valence electrons. The highest BCUT2D eigenvalue weighted by Crippen LogP contribution is 2.21. The van der Waals surface area contributed by atoms with Gasteiger partial charge in [0.05, 0.1) is 11.7 Å². The van der Waals surface area contributed by atoms with Gasteiger partial charge in [-0.1, -0.05) is 0 Å². The third-order valence-corrected chi connectivity index (χ3v) is 4.96. The van der Waals surface area contributed by atoms with Gasteiger partial charge in [-0.25, -0.2) is 4.98 Å². The Kier molecular flexibility index (Phi) is 6.60. The van der Waals surface area contributed by atoms with Crippen molar-refractivity contribution in [2.45, 2.75) is 26.3 Å². The van der Waals surface area contributed by atoms with E-state index in [2.05, 4.69) is 25.5 Å². The van der Waals surface area contributed by atoms with Crippen molar-refractivity contribution in [1.29, 1.82) is 0 Å². The second-order valence-electron chi connectivity index (χ2n) is 5.61. The number of amides is 1. The fraction of sp³-hybridized carbons (Fsp3) is 0.733. The average Bonchev–Trinajstić information content (AvgIpc) is 2.97. The van der Waals surface area contributed by atoms with Crippen LogP contribution in [0.4, 0.5) is 5.13 Å². The Morgan fingerprint density at radius 3 is 2.77 bits per heavy atom. The van der Waals surface area contributed by atoms with E-state index < -0.39 is 0 Å². The molecule has 2 rings (SSSR count). The molecule has 2 heterocycles. The zero-order chi connectivity index (χ0) is 15.9. The van der Waals surface area contributed by atoms with Crippen molar-refractivity contribution >= 4 is 22.4 Å². The number of methoxy groups -OCH3 is 1. The summed E-state index contributed by atoms with van der Waals surface area (Å²) in [5, 5.41) is 6.15. The van der Waals surface area contributed by atoms with Gasteiger partial charge >= 0.3 is 0 Å². The summed E-state index contributed by atoms with van der Waals surface area (Å²) in [7, 11) is 1.67. The molecule has 1 amide bonds. The number of aromatic nitrogens is 1. The van der Waals surface area contributed by atoms with Gasteiger partial charge in [-0.05, 0) is 20.3 Å². The number of thiazole rings is 1. The smallest absolute Gasteiger partial charge is 0.237 e. The lowest BCUT2D eigenvalue weighted by Gasteiger charge is -2.37. The van der Waals surface area contributed by atoms with Gasteiger partial charge in [0.25, 0.3) is 0 Å². The highest BCUT2D eigenvalue weighted by Gasteiger charge is 2.26. The van der Waals surface area contributed by atoms with Crippen LogP contribution in [0.2, 0.25) is 0 Å². The minimum Gasteiger partial charge on any atom is -0.385 e. The van der Waals surface area contributed by atoms with E-state index in [1.807, 2.05) is 13.8 Å². The number of anilines is 1. The molecule has 7 heteroatoms. The van der Waals surface area contributed by atoms with E-state index in [4.69, 9.17) is 4.74 Å². The molecule has 1 N–H and O–H groups in total. The number of ether oxygens (including phenoxy) is 1. The van der Waals surface area contributed by atoms with Crippen LogP contribution in [0.1, 0.15) is 19.0 Å². The molecular formula is C15H26N4O2S. The molecule has 0 aliphatic carbocycles. The lowest BCUT2D eigenvalue weighted by Crippen LogP contribution is -2.54. The molecule has 0 unspecified atom stereocenters.